The molecule has 0 spiro atoms. The monoisotopic (exact) mass is 178 g/mol. The Labute approximate surface area is 90.6 Å². The summed E-state index contributed by atoms with van der Waals surface area (Å²) >= 11 is -2.09. The van der Waals surface area contributed by atoms with E-state index in [0.29, 0.717) is 4.90 Å². The molecule has 4 heteroatoms. The standard InChI is InChI=1S/C7H8O2S.Na/c1-6-4-2-3-5-7(6)10(8)9;/h2-5H,1H3,(H,8,9);/q;+1/p-1. The van der Waals surface area contributed by atoms with Gasteiger partial charge in [0.15, 0.2) is 0 Å². The molecule has 1 rings (SSSR count). The maximum Gasteiger partial charge on any atom is 1.00 e. The minimum absolute atomic E-state index is 0. The minimum atomic E-state index is -2.09. The van der Waals surface area contributed by atoms with Gasteiger partial charge in [0.05, 0.1) is 0 Å². The van der Waals surface area contributed by atoms with Crippen molar-refractivity contribution in [3.05, 3.63) is 29.8 Å². The third-order valence-corrected chi connectivity index (χ3v) is 2.09. The van der Waals surface area contributed by atoms with Crippen LogP contribution in [0.4, 0.5) is 0 Å². The van der Waals surface area contributed by atoms with Crippen molar-refractivity contribution in [1.82, 2.24) is 0 Å². The molecule has 2 nitrogen and oxygen atoms in total. The fraction of sp³-hybridized carbons (Fsp3) is 0.143. The largest absolute Gasteiger partial charge is 1.00 e. The summed E-state index contributed by atoms with van der Waals surface area (Å²) in [5.74, 6) is 0. The smallest absolute Gasteiger partial charge is 0.768 e. The van der Waals surface area contributed by atoms with Crippen LogP contribution in [-0.2, 0) is 11.1 Å². The Bertz CT molecular complexity index is 262. The third kappa shape index (κ3) is 3.05. The first-order chi connectivity index (χ1) is 4.72. The molecule has 0 aromatic heterocycles. The molecule has 0 bridgehead atoms. The molecule has 0 aliphatic carbocycles. The van der Waals surface area contributed by atoms with Crippen molar-refractivity contribution < 1.29 is 38.3 Å². The van der Waals surface area contributed by atoms with Crippen LogP contribution in [0.3, 0.4) is 0 Å². The molecular formula is C7H7NaO2S. The van der Waals surface area contributed by atoms with E-state index < -0.39 is 11.1 Å². The van der Waals surface area contributed by atoms with E-state index in [2.05, 4.69) is 0 Å². The quantitative estimate of drug-likeness (QED) is 0.377. The Morgan fingerprint density at radius 3 is 2.27 bits per heavy atom. The second-order valence-electron chi connectivity index (χ2n) is 2.00. The van der Waals surface area contributed by atoms with E-state index in [0.717, 1.165) is 5.56 Å². The van der Waals surface area contributed by atoms with Crippen LogP contribution in [0.1, 0.15) is 5.56 Å². The molecule has 1 atom stereocenters. The van der Waals surface area contributed by atoms with E-state index in [1.165, 1.54) is 0 Å². The van der Waals surface area contributed by atoms with E-state index >= 15 is 0 Å². The van der Waals surface area contributed by atoms with Crippen LogP contribution < -0.4 is 29.6 Å². The molecule has 0 fully saturated rings. The van der Waals surface area contributed by atoms with Gasteiger partial charge in [-0.25, -0.2) is 0 Å². The van der Waals surface area contributed by atoms with Crippen molar-refractivity contribution in [2.75, 3.05) is 0 Å². The Balaban J connectivity index is 0.000001000. The van der Waals surface area contributed by atoms with Gasteiger partial charge >= 0.3 is 29.6 Å². The van der Waals surface area contributed by atoms with E-state index in [-0.39, 0.29) is 29.6 Å². The Morgan fingerprint density at radius 1 is 1.36 bits per heavy atom. The van der Waals surface area contributed by atoms with Crippen molar-refractivity contribution in [3.8, 4) is 0 Å². The Kier molecular flexibility index (Phi) is 5.21. The van der Waals surface area contributed by atoms with Gasteiger partial charge < -0.3 is 4.55 Å². The van der Waals surface area contributed by atoms with E-state index in [9.17, 15) is 8.76 Å². The van der Waals surface area contributed by atoms with Gasteiger partial charge in [-0.05, 0) is 29.6 Å². The molecular weight excluding hydrogens is 171 g/mol. The summed E-state index contributed by atoms with van der Waals surface area (Å²) in [5, 5.41) is 0. The first-order valence-corrected chi connectivity index (χ1v) is 3.94. The fourth-order valence-corrected chi connectivity index (χ4v) is 1.26. The number of aryl methyl sites for hydroxylation is 1. The predicted octanol–water partition coefficient (Wildman–Crippen LogP) is -1.76. The van der Waals surface area contributed by atoms with Crippen LogP contribution >= 0.6 is 0 Å². The summed E-state index contributed by atoms with van der Waals surface area (Å²) in [5.41, 5.74) is 0.788. The average molecular weight is 178 g/mol. The molecule has 0 saturated heterocycles. The summed E-state index contributed by atoms with van der Waals surface area (Å²) in [4.78, 5) is 0.377. The van der Waals surface area contributed by atoms with Gasteiger partial charge in [0.1, 0.15) is 0 Å². The molecule has 0 heterocycles. The normalized spacial score (nSPS) is 11.8. The van der Waals surface area contributed by atoms with Crippen LogP contribution in [0, 0.1) is 6.92 Å². The number of rotatable bonds is 1. The summed E-state index contributed by atoms with van der Waals surface area (Å²) in [7, 11) is 0. The molecule has 1 aromatic rings. The van der Waals surface area contributed by atoms with Gasteiger partial charge in [0, 0.05) is 4.90 Å². The molecule has 0 aliphatic rings. The van der Waals surface area contributed by atoms with Crippen LogP contribution in [0.25, 0.3) is 0 Å². The van der Waals surface area contributed by atoms with Gasteiger partial charge in [-0.15, -0.1) is 0 Å². The zero-order valence-corrected chi connectivity index (χ0v) is 9.35. The molecule has 1 unspecified atom stereocenters. The van der Waals surface area contributed by atoms with Crippen LogP contribution in [0.2, 0.25) is 0 Å². The van der Waals surface area contributed by atoms with Gasteiger partial charge in [-0.1, -0.05) is 18.2 Å². The third-order valence-electron chi connectivity index (χ3n) is 1.27. The molecule has 0 radical (unpaired) electrons. The number of benzene rings is 1. The zero-order chi connectivity index (χ0) is 7.56. The first kappa shape index (κ1) is 11.3. The number of hydrogen-bond acceptors (Lipinski definition) is 2. The molecule has 54 valence electrons. The van der Waals surface area contributed by atoms with Crippen LogP contribution in [0.5, 0.6) is 0 Å². The second kappa shape index (κ2) is 5.06. The van der Waals surface area contributed by atoms with Crippen LogP contribution in [0.15, 0.2) is 29.2 Å². The van der Waals surface area contributed by atoms with Gasteiger partial charge in [-0.3, -0.25) is 4.21 Å². The van der Waals surface area contributed by atoms with E-state index in [1.54, 1.807) is 25.1 Å². The summed E-state index contributed by atoms with van der Waals surface area (Å²) < 4.78 is 20.8. The van der Waals surface area contributed by atoms with E-state index in [1.807, 2.05) is 6.07 Å². The summed E-state index contributed by atoms with van der Waals surface area (Å²) in [6.45, 7) is 1.77. The average Bonchev–Trinajstić information content (AvgIpc) is 1.88. The fourth-order valence-electron chi connectivity index (χ4n) is 0.743. The summed E-state index contributed by atoms with van der Waals surface area (Å²) in [6.07, 6.45) is 0. The maximum atomic E-state index is 10.4. The van der Waals surface area contributed by atoms with Gasteiger partial charge in [0.2, 0.25) is 0 Å². The predicted molar refractivity (Wildman–Crippen MR) is 38.4 cm³/mol. The van der Waals surface area contributed by atoms with Crippen molar-refractivity contribution >= 4 is 11.1 Å². The molecule has 1 aromatic carbocycles. The minimum Gasteiger partial charge on any atom is -0.768 e. The topological polar surface area (TPSA) is 40.1 Å². The summed E-state index contributed by atoms with van der Waals surface area (Å²) in [6, 6.07) is 6.87. The Hall–Kier alpha value is 0.330. The molecule has 0 N–H and O–H groups in total. The molecule has 0 saturated carbocycles. The van der Waals surface area contributed by atoms with Crippen LogP contribution in [-0.4, -0.2) is 8.76 Å². The zero-order valence-electron chi connectivity index (χ0n) is 6.53. The molecule has 0 amide bonds. The van der Waals surface area contributed by atoms with Crippen molar-refractivity contribution in [1.29, 1.82) is 0 Å². The number of hydrogen-bond donors (Lipinski definition) is 0. The maximum absolute atomic E-state index is 10.4. The van der Waals surface area contributed by atoms with Gasteiger partial charge in [-0.2, -0.15) is 0 Å². The van der Waals surface area contributed by atoms with E-state index in [4.69, 9.17) is 0 Å². The Morgan fingerprint density at radius 2 is 1.91 bits per heavy atom. The van der Waals surface area contributed by atoms with Crippen molar-refractivity contribution in [3.63, 3.8) is 0 Å². The van der Waals surface area contributed by atoms with Crippen molar-refractivity contribution in [2.45, 2.75) is 11.8 Å². The second-order valence-corrected chi connectivity index (χ2v) is 2.91. The van der Waals surface area contributed by atoms with Gasteiger partial charge in [0.25, 0.3) is 0 Å². The molecule has 11 heavy (non-hydrogen) atoms. The van der Waals surface area contributed by atoms with Crippen molar-refractivity contribution in [2.24, 2.45) is 0 Å². The molecule has 0 aliphatic heterocycles. The first-order valence-electron chi connectivity index (χ1n) is 2.86. The SMILES string of the molecule is Cc1ccccc1S(=O)[O-].[Na+].